The van der Waals surface area contributed by atoms with Crippen molar-refractivity contribution in [2.45, 2.75) is 46.1 Å². The topological polar surface area (TPSA) is 65.7 Å². The molecule has 2 aromatic rings. The van der Waals surface area contributed by atoms with Gasteiger partial charge < -0.3 is 15.2 Å². The van der Waals surface area contributed by atoms with Crippen LogP contribution in [0.2, 0.25) is 0 Å². The van der Waals surface area contributed by atoms with E-state index in [-0.39, 0.29) is 24.0 Å². The Morgan fingerprint density at radius 2 is 2.11 bits per heavy atom. The first-order chi connectivity index (χ1) is 13.2. The number of aromatic nitrogens is 1. The van der Waals surface area contributed by atoms with Crippen molar-refractivity contribution in [3.05, 3.63) is 39.4 Å². The molecule has 1 atom stereocenters. The summed E-state index contributed by atoms with van der Waals surface area (Å²) in [7, 11) is 0. The second-order valence-corrected chi connectivity index (χ2v) is 7.95. The fourth-order valence-corrected chi connectivity index (χ4v) is 4.46. The predicted octanol–water partition coefficient (Wildman–Crippen LogP) is 3.91. The van der Waals surface area contributed by atoms with E-state index in [0.29, 0.717) is 6.04 Å². The summed E-state index contributed by atoms with van der Waals surface area (Å²) < 4.78 is 5.25. The van der Waals surface area contributed by atoms with Gasteiger partial charge >= 0.3 is 0 Å². The van der Waals surface area contributed by atoms with Gasteiger partial charge in [-0.3, -0.25) is 9.89 Å². The highest BCUT2D eigenvalue weighted by molar-refractivity contribution is 14.0. The lowest BCUT2D eigenvalue weighted by Gasteiger charge is -2.25. The number of rotatable bonds is 8. The number of thiophene rings is 1. The van der Waals surface area contributed by atoms with Gasteiger partial charge in [-0.1, -0.05) is 11.2 Å². The zero-order valence-corrected chi connectivity index (χ0v) is 20.2. The maximum atomic E-state index is 5.25. The monoisotopic (exact) mass is 517 g/mol. The summed E-state index contributed by atoms with van der Waals surface area (Å²) >= 11 is 1.83. The molecule has 0 amide bonds. The lowest BCUT2D eigenvalue weighted by molar-refractivity contribution is 0.255. The van der Waals surface area contributed by atoms with Crippen LogP contribution >= 0.6 is 35.3 Å². The van der Waals surface area contributed by atoms with Crippen LogP contribution in [0.1, 0.15) is 47.7 Å². The van der Waals surface area contributed by atoms with E-state index in [1.807, 2.05) is 25.2 Å². The zero-order valence-electron chi connectivity index (χ0n) is 17.0. The van der Waals surface area contributed by atoms with Crippen LogP contribution in [-0.2, 0) is 6.42 Å². The zero-order chi connectivity index (χ0) is 19.1. The van der Waals surface area contributed by atoms with Gasteiger partial charge in [-0.15, -0.1) is 35.3 Å². The Hall–Kier alpha value is -1.13. The summed E-state index contributed by atoms with van der Waals surface area (Å²) in [6, 6.07) is 4.76. The average Bonchev–Trinajstić information content (AvgIpc) is 3.41. The molecule has 2 N–H and O–H groups in total. The Morgan fingerprint density at radius 3 is 2.71 bits per heavy atom. The van der Waals surface area contributed by atoms with Crippen LogP contribution in [0.25, 0.3) is 0 Å². The van der Waals surface area contributed by atoms with Gasteiger partial charge in [0, 0.05) is 23.5 Å². The molecule has 1 saturated heterocycles. The SMILES string of the molecule is CCNC(=NCC(c1cccs1)N1CCCC1)NCCc1c(C)noc1C.I. The lowest BCUT2D eigenvalue weighted by atomic mass is 10.1. The minimum absolute atomic E-state index is 0. The van der Waals surface area contributed by atoms with Crippen molar-refractivity contribution in [2.75, 3.05) is 32.7 Å². The molecule has 156 valence electrons. The Morgan fingerprint density at radius 1 is 1.32 bits per heavy atom. The van der Waals surface area contributed by atoms with E-state index in [2.05, 4.69) is 45.1 Å². The van der Waals surface area contributed by atoms with E-state index >= 15 is 0 Å². The quantitative estimate of drug-likeness (QED) is 0.316. The molecule has 8 heteroatoms. The minimum Gasteiger partial charge on any atom is -0.361 e. The minimum atomic E-state index is 0. The van der Waals surface area contributed by atoms with Gasteiger partial charge in [0.1, 0.15) is 5.76 Å². The van der Waals surface area contributed by atoms with E-state index in [0.717, 1.165) is 43.5 Å². The standard InChI is InChI=1S/C20H31N5OS.HI/c1-4-21-20(22-10-9-17-15(2)24-26-16(17)3)23-14-18(19-8-7-13-27-19)25-11-5-6-12-25;/h7-8,13,18H,4-6,9-12,14H2,1-3H3,(H2,21,22,23);1H. The van der Waals surface area contributed by atoms with E-state index < -0.39 is 0 Å². The maximum Gasteiger partial charge on any atom is 0.191 e. The van der Waals surface area contributed by atoms with Gasteiger partial charge in [0.25, 0.3) is 0 Å². The van der Waals surface area contributed by atoms with Crippen molar-refractivity contribution in [1.82, 2.24) is 20.7 Å². The normalized spacial score (nSPS) is 16.0. The van der Waals surface area contributed by atoms with Crippen LogP contribution in [0, 0.1) is 13.8 Å². The highest BCUT2D eigenvalue weighted by atomic mass is 127. The van der Waals surface area contributed by atoms with Gasteiger partial charge in [0.05, 0.1) is 18.3 Å². The molecular formula is C20H32IN5OS. The molecule has 3 heterocycles. The van der Waals surface area contributed by atoms with Crippen molar-refractivity contribution in [3.63, 3.8) is 0 Å². The first-order valence-corrected chi connectivity index (χ1v) is 10.8. The van der Waals surface area contributed by atoms with Crippen LogP contribution in [0.5, 0.6) is 0 Å². The summed E-state index contributed by atoms with van der Waals surface area (Å²) in [4.78, 5) is 8.88. The van der Waals surface area contributed by atoms with Crippen LogP contribution in [0.4, 0.5) is 0 Å². The molecule has 28 heavy (non-hydrogen) atoms. The summed E-state index contributed by atoms with van der Waals surface area (Å²) in [6.45, 7) is 10.8. The van der Waals surface area contributed by atoms with E-state index in [1.165, 1.54) is 36.4 Å². The highest BCUT2D eigenvalue weighted by Crippen LogP contribution is 2.28. The predicted molar refractivity (Wildman–Crippen MR) is 127 cm³/mol. The molecule has 0 aromatic carbocycles. The molecule has 6 nitrogen and oxygen atoms in total. The third-order valence-corrected chi connectivity index (χ3v) is 6.04. The van der Waals surface area contributed by atoms with E-state index in [1.54, 1.807) is 0 Å². The van der Waals surface area contributed by atoms with E-state index in [9.17, 15) is 0 Å². The second-order valence-electron chi connectivity index (χ2n) is 6.97. The number of hydrogen-bond acceptors (Lipinski definition) is 5. The number of halogens is 1. The smallest absolute Gasteiger partial charge is 0.191 e. The van der Waals surface area contributed by atoms with Crippen molar-refractivity contribution < 1.29 is 4.52 Å². The largest absolute Gasteiger partial charge is 0.361 e. The van der Waals surface area contributed by atoms with Crippen LogP contribution < -0.4 is 10.6 Å². The first-order valence-electron chi connectivity index (χ1n) is 9.90. The number of aliphatic imine (C=N–C) groups is 1. The first kappa shape index (κ1) is 23.2. The van der Waals surface area contributed by atoms with Crippen LogP contribution in [-0.4, -0.2) is 48.7 Å². The van der Waals surface area contributed by atoms with Crippen LogP contribution in [0.3, 0.4) is 0 Å². The summed E-state index contributed by atoms with van der Waals surface area (Å²) in [5.74, 6) is 1.79. The summed E-state index contributed by atoms with van der Waals surface area (Å²) in [5.41, 5.74) is 2.16. The van der Waals surface area contributed by atoms with Gasteiger partial charge in [-0.05, 0) is 64.6 Å². The third kappa shape index (κ3) is 6.18. The van der Waals surface area contributed by atoms with Gasteiger partial charge in [0.15, 0.2) is 5.96 Å². The molecule has 3 rings (SSSR count). The molecule has 1 fully saturated rings. The van der Waals surface area contributed by atoms with Gasteiger partial charge in [0.2, 0.25) is 0 Å². The third-order valence-electron chi connectivity index (χ3n) is 5.07. The maximum absolute atomic E-state index is 5.25. The molecular weight excluding hydrogens is 485 g/mol. The Kier molecular flexibility index (Phi) is 9.73. The van der Waals surface area contributed by atoms with Crippen molar-refractivity contribution in [1.29, 1.82) is 0 Å². The fourth-order valence-electron chi connectivity index (χ4n) is 3.60. The Labute approximate surface area is 189 Å². The van der Waals surface area contributed by atoms with Gasteiger partial charge in [-0.25, -0.2) is 0 Å². The molecule has 2 aromatic heterocycles. The average molecular weight is 517 g/mol. The molecule has 0 aliphatic carbocycles. The second kappa shape index (κ2) is 11.8. The number of hydrogen-bond donors (Lipinski definition) is 2. The van der Waals surface area contributed by atoms with E-state index in [4.69, 9.17) is 9.52 Å². The molecule has 1 aliphatic rings. The molecule has 1 aliphatic heterocycles. The molecule has 1 unspecified atom stereocenters. The highest BCUT2D eigenvalue weighted by Gasteiger charge is 2.24. The number of aryl methyl sites for hydroxylation is 2. The lowest BCUT2D eigenvalue weighted by Crippen LogP contribution is -2.39. The number of nitrogens with one attached hydrogen (secondary N) is 2. The molecule has 0 bridgehead atoms. The fraction of sp³-hybridized carbons (Fsp3) is 0.600. The van der Waals surface area contributed by atoms with Crippen molar-refractivity contribution in [3.8, 4) is 0 Å². The van der Waals surface area contributed by atoms with Crippen molar-refractivity contribution in [2.24, 2.45) is 4.99 Å². The molecule has 0 radical (unpaired) electrons. The van der Waals surface area contributed by atoms with Gasteiger partial charge in [-0.2, -0.15) is 0 Å². The number of guanidine groups is 1. The number of nitrogens with zero attached hydrogens (tertiary/aromatic N) is 3. The molecule has 0 saturated carbocycles. The van der Waals surface area contributed by atoms with Crippen LogP contribution in [0.15, 0.2) is 27.0 Å². The number of likely N-dealkylation sites (tertiary alicyclic amines) is 1. The molecule has 0 spiro atoms. The summed E-state index contributed by atoms with van der Waals surface area (Å²) in [5, 5.41) is 13.0. The summed E-state index contributed by atoms with van der Waals surface area (Å²) in [6.07, 6.45) is 3.47. The Balaban J connectivity index is 0.00000280. The van der Waals surface area contributed by atoms with Crippen molar-refractivity contribution >= 4 is 41.3 Å². The Bertz CT molecular complexity index is 706.